The van der Waals surface area contributed by atoms with E-state index in [2.05, 4.69) is 18.1 Å². The van der Waals surface area contributed by atoms with E-state index < -0.39 is 5.60 Å². The van der Waals surface area contributed by atoms with Gasteiger partial charge in [0.1, 0.15) is 0 Å². The second kappa shape index (κ2) is 8.80. The van der Waals surface area contributed by atoms with Gasteiger partial charge in [0, 0.05) is 11.1 Å². The molecular formula is C24H26N2O3. The van der Waals surface area contributed by atoms with E-state index >= 15 is 0 Å². The second-order valence-corrected chi connectivity index (χ2v) is 7.03. The summed E-state index contributed by atoms with van der Waals surface area (Å²) in [6.45, 7) is 7.85. The Balaban J connectivity index is 2.15. The zero-order chi connectivity index (χ0) is 20.9. The first-order chi connectivity index (χ1) is 14.0. The van der Waals surface area contributed by atoms with Gasteiger partial charge in [-0.25, -0.2) is 4.98 Å². The molecule has 0 bridgehead atoms. The molecule has 0 saturated heterocycles. The van der Waals surface area contributed by atoms with Crippen molar-refractivity contribution in [3.63, 3.8) is 0 Å². The third kappa shape index (κ3) is 4.41. The van der Waals surface area contributed by atoms with Crippen LogP contribution < -0.4 is 4.74 Å². The third-order valence-corrected chi connectivity index (χ3v) is 4.85. The van der Waals surface area contributed by atoms with Crippen molar-refractivity contribution in [2.75, 3.05) is 7.11 Å². The molecule has 1 heterocycles. The standard InChI is InChI=1S/C24H26N2O3/c1-4-13-24(28,14-5-2)16-26-17-25-22(18-9-7-6-8-10-18)23(26)19-11-12-21(29-3)20(27)15-19/h4-12,15,17,27-28H,1-2,13-14,16H2,3H3. The van der Waals surface area contributed by atoms with Gasteiger partial charge in [-0.3, -0.25) is 0 Å². The van der Waals surface area contributed by atoms with Crippen LogP contribution in [0.4, 0.5) is 0 Å². The Morgan fingerprint density at radius 2 is 1.76 bits per heavy atom. The molecule has 0 spiro atoms. The molecule has 5 heteroatoms. The Morgan fingerprint density at radius 1 is 1.07 bits per heavy atom. The quantitative estimate of drug-likeness (QED) is 0.514. The van der Waals surface area contributed by atoms with E-state index in [-0.39, 0.29) is 5.75 Å². The lowest BCUT2D eigenvalue weighted by Gasteiger charge is -2.27. The monoisotopic (exact) mass is 390 g/mol. The van der Waals surface area contributed by atoms with Crippen molar-refractivity contribution in [2.45, 2.75) is 25.0 Å². The minimum absolute atomic E-state index is 0.0456. The summed E-state index contributed by atoms with van der Waals surface area (Å²) in [6, 6.07) is 15.1. The minimum atomic E-state index is -1.03. The Kier molecular flexibility index (Phi) is 6.20. The molecule has 0 fully saturated rings. The van der Waals surface area contributed by atoms with Crippen molar-refractivity contribution in [1.82, 2.24) is 9.55 Å². The van der Waals surface area contributed by atoms with Crippen molar-refractivity contribution in [2.24, 2.45) is 0 Å². The highest BCUT2D eigenvalue weighted by Gasteiger charge is 2.27. The van der Waals surface area contributed by atoms with Crippen LogP contribution in [0.25, 0.3) is 22.5 Å². The summed E-state index contributed by atoms with van der Waals surface area (Å²) in [5, 5.41) is 21.4. The average molecular weight is 390 g/mol. The van der Waals surface area contributed by atoms with Crippen molar-refractivity contribution < 1.29 is 14.9 Å². The molecule has 1 aromatic heterocycles. The Labute approximate surface area is 171 Å². The van der Waals surface area contributed by atoms with Crippen molar-refractivity contribution in [3.8, 4) is 34.0 Å². The van der Waals surface area contributed by atoms with E-state index in [0.29, 0.717) is 25.1 Å². The predicted molar refractivity (Wildman–Crippen MR) is 116 cm³/mol. The summed E-state index contributed by atoms with van der Waals surface area (Å²) in [6.07, 6.45) is 5.97. The highest BCUT2D eigenvalue weighted by Crippen LogP contribution is 2.37. The van der Waals surface area contributed by atoms with Gasteiger partial charge in [0.05, 0.1) is 37.0 Å². The zero-order valence-electron chi connectivity index (χ0n) is 16.6. The van der Waals surface area contributed by atoms with Crippen LogP contribution in [0.5, 0.6) is 11.5 Å². The summed E-state index contributed by atoms with van der Waals surface area (Å²) < 4.78 is 7.09. The molecule has 150 valence electrons. The fourth-order valence-electron chi connectivity index (χ4n) is 3.52. The molecule has 0 atom stereocenters. The topological polar surface area (TPSA) is 67.5 Å². The molecule has 29 heavy (non-hydrogen) atoms. The number of aromatic nitrogens is 2. The maximum Gasteiger partial charge on any atom is 0.160 e. The number of phenols is 1. The number of imidazole rings is 1. The molecule has 0 aliphatic heterocycles. The van der Waals surface area contributed by atoms with Crippen LogP contribution in [0.2, 0.25) is 0 Å². The molecule has 3 aromatic rings. The predicted octanol–water partition coefficient (Wildman–Crippen LogP) is 4.81. The number of phenolic OH excluding ortho intramolecular Hbond substituents is 1. The van der Waals surface area contributed by atoms with Crippen LogP contribution in [0.3, 0.4) is 0 Å². The lowest BCUT2D eigenvalue weighted by Crippen LogP contribution is -2.33. The molecule has 2 aromatic carbocycles. The van der Waals surface area contributed by atoms with Gasteiger partial charge < -0.3 is 19.5 Å². The largest absolute Gasteiger partial charge is 0.504 e. The number of hydrogen-bond acceptors (Lipinski definition) is 4. The average Bonchev–Trinajstić information content (AvgIpc) is 3.12. The number of nitrogens with zero attached hydrogens (tertiary/aromatic N) is 2. The molecule has 0 aliphatic rings. The van der Waals surface area contributed by atoms with Crippen LogP contribution in [-0.2, 0) is 6.54 Å². The van der Waals surface area contributed by atoms with Gasteiger partial charge in [-0.05, 0) is 31.0 Å². The number of rotatable bonds is 9. The molecule has 5 nitrogen and oxygen atoms in total. The first-order valence-corrected chi connectivity index (χ1v) is 9.43. The molecular weight excluding hydrogens is 364 g/mol. The number of hydrogen-bond donors (Lipinski definition) is 2. The summed E-state index contributed by atoms with van der Waals surface area (Å²) in [5.74, 6) is 0.445. The Hall–Kier alpha value is -3.31. The van der Waals surface area contributed by atoms with E-state index in [1.165, 1.54) is 7.11 Å². The number of aromatic hydroxyl groups is 1. The van der Waals surface area contributed by atoms with Crippen molar-refractivity contribution in [1.29, 1.82) is 0 Å². The number of aliphatic hydroxyl groups is 1. The van der Waals surface area contributed by atoms with Crippen LogP contribution in [-0.4, -0.2) is 32.5 Å². The molecule has 3 rings (SSSR count). The second-order valence-electron chi connectivity index (χ2n) is 7.03. The molecule has 0 saturated carbocycles. The van der Waals surface area contributed by atoms with Crippen LogP contribution in [0, 0.1) is 0 Å². The first-order valence-electron chi connectivity index (χ1n) is 9.43. The number of ether oxygens (including phenoxy) is 1. The molecule has 0 amide bonds. The van der Waals surface area contributed by atoms with Crippen LogP contribution in [0.15, 0.2) is 80.2 Å². The van der Waals surface area contributed by atoms with Crippen LogP contribution >= 0.6 is 0 Å². The SMILES string of the molecule is C=CCC(O)(CC=C)Cn1cnc(-c2ccccc2)c1-c1ccc(OC)c(O)c1. The summed E-state index contributed by atoms with van der Waals surface area (Å²) in [4.78, 5) is 4.63. The Bertz CT molecular complexity index is 983. The van der Waals surface area contributed by atoms with Crippen molar-refractivity contribution in [3.05, 3.63) is 80.2 Å². The lowest BCUT2D eigenvalue weighted by atomic mass is 9.94. The van der Waals surface area contributed by atoms with E-state index in [1.54, 1.807) is 30.6 Å². The molecule has 0 radical (unpaired) electrons. The minimum Gasteiger partial charge on any atom is -0.504 e. The fraction of sp³-hybridized carbons (Fsp3) is 0.208. The van der Waals surface area contributed by atoms with E-state index in [4.69, 9.17) is 4.74 Å². The van der Waals surface area contributed by atoms with Gasteiger partial charge in [0.25, 0.3) is 0 Å². The smallest absolute Gasteiger partial charge is 0.160 e. The first kappa shape index (κ1) is 20.4. The molecule has 0 unspecified atom stereocenters. The van der Waals surface area contributed by atoms with E-state index in [0.717, 1.165) is 22.5 Å². The summed E-state index contributed by atoms with van der Waals surface area (Å²) >= 11 is 0. The van der Waals surface area contributed by atoms with Gasteiger partial charge in [-0.15, -0.1) is 13.2 Å². The lowest BCUT2D eigenvalue weighted by molar-refractivity contribution is 0.0289. The zero-order valence-corrected chi connectivity index (χ0v) is 16.6. The maximum absolute atomic E-state index is 11.1. The van der Waals surface area contributed by atoms with Crippen LogP contribution in [0.1, 0.15) is 12.8 Å². The maximum atomic E-state index is 11.1. The molecule has 2 N–H and O–H groups in total. The van der Waals surface area contributed by atoms with Gasteiger partial charge in [-0.2, -0.15) is 0 Å². The van der Waals surface area contributed by atoms with Crippen molar-refractivity contribution >= 4 is 0 Å². The fourth-order valence-corrected chi connectivity index (χ4v) is 3.52. The van der Waals surface area contributed by atoms with E-state index in [1.807, 2.05) is 41.0 Å². The van der Waals surface area contributed by atoms with Gasteiger partial charge in [-0.1, -0.05) is 42.5 Å². The number of benzene rings is 2. The summed E-state index contributed by atoms with van der Waals surface area (Å²) in [5.41, 5.74) is 2.28. The number of methoxy groups -OCH3 is 1. The van der Waals surface area contributed by atoms with Gasteiger partial charge >= 0.3 is 0 Å². The third-order valence-electron chi connectivity index (χ3n) is 4.85. The molecule has 0 aliphatic carbocycles. The highest BCUT2D eigenvalue weighted by atomic mass is 16.5. The van der Waals surface area contributed by atoms with Gasteiger partial charge in [0.2, 0.25) is 0 Å². The van der Waals surface area contributed by atoms with Gasteiger partial charge in [0.15, 0.2) is 11.5 Å². The van der Waals surface area contributed by atoms with E-state index in [9.17, 15) is 10.2 Å². The summed E-state index contributed by atoms with van der Waals surface area (Å²) in [7, 11) is 1.51. The Morgan fingerprint density at radius 3 is 2.34 bits per heavy atom. The highest BCUT2D eigenvalue weighted by molar-refractivity contribution is 5.79. The normalized spacial score (nSPS) is 11.2.